The van der Waals surface area contributed by atoms with Gasteiger partial charge in [-0.1, -0.05) is 36.5 Å². The van der Waals surface area contributed by atoms with Gasteiger partial charge in [0.1, 0.15) is 0 Å². The van der Waals surface area contributed by atoms with Crippen molar-refractivity contribution in [2.24, 2.45) is 0 Å². The third kappa shape index (κ3) is 2.92. The van der Waals surface area contributed by atoms with Gasteiger partial charge in [-0.3, -0.25) is 10.1 Å². The average molecular weight is 337 g/mol. The van der Waals surface area contributed by atoms with E-state index in [2.05, 4.69) is 34.7 Å². The van der Waals surface area contributed by atoms with E-state index in [9.17, 15) is 4.79 Å². The Balaban J connectivity index is 1.56. The van der Waals surface area contributed by atoms with Crippen LogP contribution in [0.1, 0.15) is 28.4 Å². The highest BCUT2D eigenvalue weighted by Crippen LogP contribution is 2.32. The van der Waals surface area contributed by atoms with Crippen LogP contribution in [0.15, 0.2) is 42.5 Å². The summed E-state index contributed by atoms with van der Waals surface area (Å²) in [6.45, 7) is 3.14. The number of rotatable bonds is 4. The molecule has 1 amide bonds. The summed E-state index contributed by atoms with van der Waals surface area (Å²) in [5, 5.41) is 7.09. The van der Waals surface area contributed by atoms with Gasteiger partial charge >= 0.3 is 0 Å². The van der Waals surface area contributed by atoms with Gasteiger partial charge in [0.15, 0.2) is 5.13 Å². The van der Waals surface area contributed by atoms with E-state index in [-0.39, 0.29) is 5.91 Å². The Morgan fingerprint density at radius 2 is 1.96 bits per heavy atom. The fraction of sp³-hybridized carbons (Fsp3) is 0.263. The zero-order chi connectivity index (χ0) is 16.5. The number of hydrogen-bond acceptors (Lipinski definition) is 4. The number of carbonyl (C=O) groups excluding carboxylic acids is 1. The number of nitrogens with zero attached hydrogens (tertiary/aromatic N) is 1. The molecule has 1 aliphatic carbocycles. The largest absolute Gasteiger partial charge is 0.314 e. The van der Waals surface area contributed by atoms with Crippen LogP contribution in [0.25, 0.3) is 10.2 Å². The Hall–Kier alpha value is -2.24. The summed E-state index contributed by atoms with van der Waals surface area (Å²) in [7, 11) is 0. The number of thiazole rings is 1. The molecule has 0 spiro atoms. The molecule has 0 radical (unpaired) electrons. The molecule has 5 heteroatoms. The fourth-order valence-electron chi connectivity index (χ4n) is 3.29. The number of anilines is 1. The van der Waals surface area contributed by atoms with Crippen LogP contribution in [-0.2, 0) is 12.8 Å². The van der Waals surface area contributed by atoms with Gasteiger partial charge in [-0.15, -0.1) is 0 Å². The van der Waals surface area contributed by atoms with Gasteiger partial charge in [0.2, 0.25) is 0 Å². The summed E-state index contributed by atoms with van der Waals surface area (Å²) in [5.41, 5.74) is 4.39. The zero-order valence-electron chi connectivity index (χ0n) is 13.5. The van der Waals surface area contributed by atoms with Crippen LogP contribution in [0, 0.1) is 0 Å². The number of likely N-dealkylation sites (N-methyl/N-ethyl adjacent to an activating group) is 1. The van der Waals surface area contributed by atoms with Crippen LogP contribution in [0.5, 0.6) is 0 Å². The Bertz CT molecular complexity index is 845. The second-order valence-corrected chi connectivity index (χ2v) is 7.12. The lowest BCUT2D eigenvalue weighted by Crippen LogP contribution is -2.28. The molecular weight excluding hydrogens is 318 g/mol. The van der Waals surface area contributed by atoms with Crippen LogP contribution in [0.3, 0.4) is 0 Å². The summed E-state index contributed by atoms with van der Waals surface area (Å²) in [5.74, 6) is -0.116. The molecular formula is C19H19N3OS. The van der Waals surface area contributed by atoms with E-state index < -0.39 is 0 Å². The third-order valence-corrected chi connectivity index (χ3v) is 5.33. The maximum absolute atomic E-state index is 12.3. The lowest BCUT2D eigenvalue weighted by atomic mass is 10.1. The summed E-state index contributed by atoms with van der Waals surface area (Å²) < 4.78 is 1.13. The molecule has 24 heavy (non-hydrogen) atoms. The number of benzene rings is 2. The minimum atomic E-state index is -0.116. The van der Waals surface area contributed by atoms with Crippen LogP contribution in [-0.4, -0.2) is 23.5 Å². The van der Waals surface area contributed by atoms with E-state index in [1.165, 1.54) is 22.5 Å². The maximum Gasteiger partial charge on any atom is 0.257 e. The van der Waals surface area contributed by atoms with Gasteiger partial charge in [0.05, 0.1) is 10.2 Å². The normalized spacial score (nSPS) is 16.3. The molecule has 0 unspecified atom stereocenters. The van der Waals surface area contributed by atoms with E-state index in [1.54, 1.807) is 12.1 Å². The predicted octanol–water partition coefficient (Wildman–Crippen LogP) is 3.63. The van der Waals surface area contributed by atoms with Crippen molar-refractivity contribution in [1.29, 1.82) is 0 Å². The molecule has 1 heterocycles. The number of carbonyl (C=O) groups is 1. The van der Waals surface area contributed by atoms with Crippen molar-refractivity contribution < 1.29 is 4.79 Å². The van der Waals surface area contributed by atoms with E-state index in [1.807, 2.05) is 18.2 Å². The SMILES string of the molecule is CCN[C@@H]1Cc2cc3nc(NC(=O)c4ccccc4)sc3cc2C1. The topological polar surface area (TPSA) is 54.0 Å². The first-order valence-electron chi connectivity index (χ1n) is 8.25. The van der Waals surface area contributed by atoms with E-state index in [4.69, 9.17) is 0 Å². The molecule has 4 rings (SSSR count). The first-order chi connectivity index (χ1) is 11.7. The molecule has 122 valence electrons. The van der Waals surface area contributed by atoms with E-state index in [0.29, 0.717) is 16.7 Å². The molecule has 0 saturated heterocycles. The molecule has 1 aromatic heterocycles. The van der Waals surface area contributed by atoms with Crippen LogP contribution < -0.4 is 10.6 Å². The highest BCUT2D eigenvalue weighted by atomic mass is 32.1. The summed E-state index contributed by atoms with van der Waals surface area (Å²) in [6.07, 6.45) is 2.13. The molecule has 2 aromatic carbocycles. The predicted molar refractivity (Wildman–Crippen MR) is 98.9 cm³/mol. The van der Waals surface area contributed by atoms with E-state index >= 15 is 0 Å². The van der Waals surface area contributed by atoms with Gasteiger partial charge in [-0.2, -0.15) is 0 Å². The van der Waals surface area contributed by atoms with Gasteiger partial charge in [0.25, 0.3) is 5.91 Å². The monoisotopic (exact) mass is 337 g/mol. The number of hydrogen-bond donors (Lipinski definition) is 2. The van der Waals surface area contributed by atoms with E-state index in [0.717, 1.165) is 29.6 Å². The zero-order valence-corrected chi connectivity index (χ0v) is 14.3. The molecule has 1 aliphatic rings. The lowest BCUT2D eigenvalue weighted by Gasteiger charge is -2.08. The summed E-state index contributed by atoms with van der Waals surface area (Å²) in [4.78, 5) is 16.8. The second kappa shape index (κ2) is 6.34. The highest BCUT2D eigenvalue weighted by molar-refractivity contribution is 7.22. The van der Waals surface area contributed by atoms with Crippen LogP contribution >= 0.6 is 11.3 Å². The summed E-state index contributed by atoms with van der Waals surface area (Å²) in [6, 6.07) is 14.2. The maximum atomic E-state index is 12.3. The smallest absolute Gasteiger partial charge is 0.257 e. The Morgan fingerprint density at radius 1 is 1.21 bits per heavy atom. The van der Waals surface area contributed by atoms with Gasteiger partial charge in [0, 0.05) is 11.6 Å². The van der Waals surface area contributed by atoms with Crippen molar-refractivity contribution in [2.45, 2.75) is 25.8 Å². The second-order valence-electron chi connectivity index (χ2n) is 6.09. The Labute approximate surface area is 144 Å². The summed E-state index contributed by atoms with van der Waals surface area (Å²) >= 11 is 1.54. The third-order valence-electron chi connectivity index (χ3n) is 4.39. The molecule has 1 atom stereocenters. The minimum absolute atomic E-state index is 0.116. The number of fused-ring (bicyclic) bond motifs is 2. The fourth-order valence-corrected chi connectivity index (χ4v) is 4.19. The van der Waals surface area contributed by atoms with Crippen molar-refractivity contribution in [3.05, 3.63) is 59.2 Å². The lowest BCUT2D eigenvalue weighted by molar-refractivity contribution is 0.102. The molecule has 2 N–H and O–H groups in total. The molecule has 0 saturated carbocycles. The van der Waals surface area contributed by atoms with Crippen molar-refractivity contribution in [1.82, 2.24) is 10.3 Å². The molecule has 0 fully saturated rings. The molecule has 0 bridgehead atoms. The van der Waals surface area contributed by atoms with Gasteiger partial charge in [-0.25, -0.2) is 4.98 Å². The Morgan fingerprint density at radius 3 is 2.71 bits per heavy atom. The minimum Gasteiger partial charge on any atom is -0.314 e. The average Bonchev–Trinajstić information content (AvgIpc) is 3.15. The molecule has 4 nitrogen and oxygen atoms in total. The van der Waals surface area contributed by atoms with Gasteiger partial charge < -0.3 is 5.32 Å². The van der Waals surface area contributed by atoms with Crippen molar-refractivity contribution >= 4 is 32.6 Å². The molecule has 3 aromatic rings. The first-order valence-corrected chi connectivity index (χ1v) is 9.06. The highest BCUT2D eigenvalue weighted by Gasteiger charge is 2.22. The van der Waals surface area contributed by atoms with Gasteiger partial charge in [-0.05, 0) is 54.8 Å². The van der Waals surface area contributed by atoms with Crippen molar-refractivity contribution in [2.75, 3.05) is 11.9 Å². The van der Waals surface area contributed by atoms with Crippen molar-refractivity contribution in [3.8, 4) is 0 Å². The Kier molecular flexibility index (Phi) is 4.04. The van der Waals surface area contributed by atoms with Crippen molar-refractivity contribution in [3.63, 3.8) is 0 Å². The number of nitrogens with one attached hydrogen (secondary N) is 2. The molecule has 0 aliphatic heterocycles. The number of aromatic nitrogens is 1. The quantitative estimate of drug-likeness (QED) is 0.764. The van der Waals surface area contributed by atoms with Crippen LogP contribution in [0.4, 0.5) is 5.13 Å². The standard InChI is InChI=1S/C19H19N3OS/c1-2-20-15-8-13-10-16-17(11-14(13)9-15)24-19(21-16)22-18(23)12-6-4-3-5-7-12/h3-7,10-11,15,20H,2,8-9H2,1H3,(H,21,22,23)/t15-/m1/s1. The van der Waals surface area contributed by atoms with Crippen LogP contribution in [0.2, 0.25) is 0 Å². The first kappa shape index (κ1) is 15.3. The number of amides is 1.